The van der Waals surface area contributed by atoms with Gasteiger partial charge in [0.15, 0.2) is 25.1 Å². The Bertz CT molecular complexity index is 496. The van der Waals surface area contributed by atoms with Crippen molar-refractivity contribution in [3.05, 3.63) is 23.8 Å². The van der Waals surface area contributed by atoms with E-state index in [1.165, 1.54) is 33.5 Å². The molecule has 1 aromatic rings. The zero-order chi connectivity index (χ0) is 15.7. The van der Waals surface area contributed by atoms with E-state index in [1.807, 2.05) is 0 Å². The monoisotopic (exact) mass is 298 g/mol. The molecule has 0 fully saturated rings. The van der Waals surface area contributed by atoms with E-state index in [0.29, 0.717) is 11.3 Å². The molecule has 116 valence electrons. The number of phenolic OH excluding ortho intramolecular Hbond substituents is 1. The van der Waals surface area contributed by atoms with E-state index >= 15 is 0 Å². The van der Waals surface area contributed by atoms with Crippen molar-refractivity contribution in [2.24, 2.45) is 0 Å². The van der Waals surface area contributed by atoms with Crippen molar-refractivity contribution in [3.8, 4) is 17.2 Å². The van der Waals surface area contributed by atoms with Gasteiger partial charge in [0.2, 0.25) is 5.75 Å². The lowest BCUT2D eigenvalue weighted by atomic mass is 10.1. The Morgan fingerprint density at radius 1 is 1.14 bits per heavy atom. The van der Waals surface area contributed by atoms with Gasteiger partial charge in [-0.3, -0.25) is 0 Å². The number of methoxy groups -OCH3 is 3. The van der Waals surface area contributed by atoms with Crippen molar-refractivity contribution < 1.29 is 33.6 Å². The average Bonchev–Trinajstić information content (AvgIpc) is 2.50. The van der Waals surface area contributed by atoms with E-state index < -0.39 is 5.97 Å². The molecule has 0 radical (unpaired) electrons. The third kappa shape index (κ3) is 4.97. The molecule has 0 atom stereocenters. The van der Waals surface area contributed by atoms with Crippen molar-refractivity contribution in [2.75, 3.05) is 34.9 Å². The van der Waals surface area contributed by atoms with Gasteiger partial charge in [0.25, 0.3) is 0 Å². The number of phenols is 1. The molecule has 1 rings (SSSR count). The maximum absolute atomic E-state index is 11.1. The number of hydrogen-bond acceptors (Lipinski definition) is 7. The predicted octanol–water partition coefficient (Wildman–Crippen LogP) is 1.54. The number of carbonyl (C=O) groups is 1. The number of hydrogen-bond donors (Lipinski definition) is 1. The van der Waals surface area contributed by atoms with Gasteiger partial charge >= 0.3 is 5.97 Å². The minimum atomic E-state index is -0.534. The second-order valence-electron chi connectivity index (χ2n) is 3.79. The number of carbonyl (C=O) groups excluding carboxylic acids is 1. The van der Waals surface area contributed by atoms with Crippen molar-refractivity contribution in [2.45, 2.75) is 0 Å². The van der Waals surface area contributed by atoms with Crippen LogP contribution in [0.1, 0.15) is 5.56 Å². The summed E-state index contributed by atoms with van der Waals surface area (Å²) in [6, 6.07) is 3.15. The van der Waals surface area contributed by atoms with Crippen LogP contribution in [0.25, 0.3) is 6.08 Å². The number of rotatable bonds is 8. The van der Waals surface area contributed by atoms with Crippen molar-refractivity contribution >= 4 is 12.0 Å². The maximum atomic E-state index is 11.1. The average molecular weight is 298 g/mol. The highest BCUT2D eigenvalue weighted by molar-refractivity contribution is 5.87. The first-order valence-corrected chi connectivity index (χ1v) is 5.99. The zero-order valence-corrected chi connectivity index (χ0v) is 12.1. The number of ether oxygens (including phenoxy) is 5. The summed E-state index contributed by atoms with van der Waals surface area (Å²) in [7, 11) is 4.19. The van der Waals surface area contributed by atoms with Crippen LogP contribution in [0.4, 0.5) is 0 Å². The van der Waals surface area contributed by atoms with Gasteiger partial charge in [-0.15, -0.1) is 0 Å². The molecular formula is C14H18O7. The molecule has 0 aliphatic carbocycles. The fraction of sp³-hybridized carbons (Fsp3) is 0.357. The van der Waals surface area contributed by atoms with Crippen molar-refractivity contribution in [1.29, 1.82) is 0 Å². The molecule has 0 saturated carbocycles. The van der Waals surface area contributed by atoms with Gasteiger partial charge in [0.05, 0.1) is 7.11 Å². The van der Waals surface area contributed by atoms with Gasteiger partial charge in [-0.25, -0.2) is 4.79 Å². The Morgan fingerprint density at radius 3 is 2.43 bits per heavy atom. The first-order valence-electron chi connectivity index (χ1n) is 5.99. The Morgan fingerprint density at radius 2 is 1.81 bits per heavy atom. The molecule has 0 saturated heterocycles. The topological polar surface area (TPSA) is 83.5 Å². The molecule has 7 heteroatoms. The molecule has 0 heterocycles. The lowest BCUT2D eigenvalue weighted by molar-refractivity contribution is -0.134. The van der Waals surface area contributed by atoms with Gasteiger partial charge < -0.3 is 28.8 Å². The van der Waals surface area contributed by atoms with E-state index in [1.54, 1.807) is 12.1 Å². The van der Waals surface area contributed by atoms with E-state index in [2.05, 4.69) is 4.74 Å². The molecule has 0 bridgehead atoms. The SMILES string of the molecule is COCOc1ccc(/C=C/C(=O)OC)c(O)c1OCOC. The van der Waals surface area contributed by atoms with Crippen LogP contribution < -0.4 is 9.47 Å². The van der Waals surface area contributed by atoms with Crippen LogP contribution in [0.3, 0.4) is 0 Å². The zero-order valence-electron chi connectivity index (χ0n) is 12.1. The van der Waals surface area contributed by atoms with Gasteiger partial charge in [-0.2, -0.15) is 0 Å². The molecule has 21 heavy (non-hydrogen) atoms. The Labute approximate surface area is 122 Å². The summed E-state index contributed by atoms with van der Waals surface area (Å²) < 4.78 is 24.7. The van der Waals surface area contributed by atoms with Gasteiger partial charge in [-0.1, -0.05) is 0 Å². The smallest absolute Gasteiger partial charge is 0.330 e. The minimum Gasteiger partial charge on any atom is -0.504 e. The lowest BCUT2D eigenvalue weighted by Crippen LogP contribution is -2.05. The highest BCUT2D eigenvalue weighted by Gasteiger charge is 2.14. The molecular weight excluding hydrogens is 280 g/mol. The fourth-order valence-electron chi connectivity index (χ4n) is 1.42. The van der Waals surface area contributed by atoms with Gasteiger partial charge in [0, 0.05) is 25.9 Å². The molecule has 0 spiro atoms. The highest BCUT2D eigenvalue weighted by atomic mass is 16.7. The molecule has 0 aliphatic heterocycles. The number of benzene rings is 1. The second-order valence-corrected chi connectivity index (χ2v) is 3.79. The van der Waals surface area contributed by atoms with Crippen LogP contribution in [-0.4, -0.2) is 46.0 Å². The third-order valence-corrected chi connectivity index (χ3v) is 2.38. The minimum absolute atomic E-state index is 0.000128. The molecule has 0 amide bonds. The first-order chi connectivity index (χ1) is 10.1. The summed E-state index contributed by atoms with van der Waals surface area (Å²) >= 11 is 0. The van der Waals surface area contributed by atoms with Crippen LogP contribution in [-0.2, 0) is 19.0 Å². The number of aromatic hydroxyl groups is 1. The first kappa shape index (κ1) is 16.8. The van der Waals surface area contributed by atoms with E-state index in [4.69, 9.17) is 18.9 Å². The molecule has 0 aromatic heterocycles. The predicted molar refractivity (Wildman–Crippen MR) is 74.2 cm³/mol. The second kappa shape index (κ2) is 8.83. The van der Waals surface area contributed by atoms with Crippen molar-refractivity contribution in [1.82, 2.24) is 0 Å². The summed E-state index contributed by atoms with van der Waals surface area (Å²) in [6.45, 7) is -0.0683. The standard InChI is InChI=1S/C14H18O7/c1-17-8-20-11-6-4-10(5-7-12(15)19-3)13(16)14(11)21-9-18-2/h4-7,16H,8-9H2,1-3H3/b7-5+. The molecule has 0 aliphatic rings. The van der Waals surface area contributed by atoms with Crippen molar-refractivity contribution in [3.63, 3.8) is 0 Å². The summed E-state index contributed by atoms with van der Waals surface area (Å²) in [6.07, 6.45) is 2.59. The van der Waals surface area contributed by atoms with Crippen LogP contribution in [0, 0.1) is 0 Å². The van der Waals surface area contributed by atoms with Crippen LogP contribution in [0.5, 0.6) is 17.2 Å². The van der Waals surface area contributed by atoms with Crippen LogP contribution >= 0.6 is 0 Å². The van der Waals surface area contributed by atoms with Gasteiger partial charge in [-0.05, 0) is 18.2 Å². The highest BCUT2D eigenvalue weighted by Crippen LogP contribution is 2.40. The Kier molecular flexibility index (Phi) is 7.06. The molecule has 1 aromatic carbocycles. The summed E-state index contributed by atoms with van der Waals surface area (Å²) in [4.78, 5) is 11.1. The number of esters is 1. The normalized spacial score (nSPS) is 10.6. The summed E-state index contributed by atoms with van der Waals surface area (Å²) in [5, 5.41) is 10.2. The lowest BCUT2D eigenvalue weighted by Gasteiger charge is -2.14. The molecule has 7 nitrogen and oxygen atoms in total. The maximum Gasteiger partial charge on any atom is 0.330 e. The van der Waals surface area contributed by atoms with Crippen LogP contribution in [0.15, 0.2) is 18.2 Å². The summed E-state index contributed by atoms with van der Waals surface area (Å²) in [5.74, 6) is -0.322. The third-order valence-electron chi connectivity index (χ3n) is 2.38. The van der Waals surface area contributed by atoms with E-state index in [0.717, 1.165) is 0 Å². The molecule has 0 unspecified atom stereocenters. The summed E-state index contributed by atoms with van der Waals surface area (Å²) in [5.41, 5.74) is 0.372. The largest absolute Gasteiger partial charge is 0.504 e. The van der Waals surface area contributed by atoms with Gasteiger partial charge in [0.1, 0.15) is 0 Å². The Balaban J connectivity index is 3.06. The van der Waals surface area contributed by atoms with E-state index in [-0.39, 0.29) is 25.1 Å². The fourth-order valence-corrected chi connectivity index (χ4v) is 1.42. The van der Waals surface area contributed by atoms with Crippen LogP contribution in [0.2, 0.25) is 0 Å². The Hall–Kier alpha value is -2.25. The quantitative estimate of drug-likeness (QED) is 0.443. The van der Waals surface area contributed by atoms with E-state index in [9.17, 15) is 9.90 Å². The molecule has 1 N–H and O–H groups in total.